The van der Waals surface area contributed by atoms with Crippen LogP contribution in [0.3, 0.4) is 0 Å². The lowest BCUT2D eigenvalue weighted by atomic mass is 10.1. The SMILES string of the molecule is CC1CC(C)n2nccc2N1C(=O)c1ccc([N+](=O)[O-])o1. The van der Waals surface area contributed by atoms with Gasteiger partial charge in [0.05, 0.1) is 18.3 Å². The number of anilines is 1. The molecule has 2 aromatic rings. The molecular weight excluding hydrogens is 276 g/mol. The summed E-state index contributed by atoms with van der Waals surface area (Å²) in [6, 6.07) is 4.41. The summed E-state index contributed by atoms with van der Waals surface area (Å²) in [6.45, 7) is 3.97. The molecule has 2 unspecified atom stereocenters. The minimum atomic E-state index is -0.664. The molecule has 0 N–H and O–H groups in total. The van der Waals surface area contributed by atoms with Crippen LogP contribution >= 0.6 is 0 Å². The van der Waals surface area contributed by atoms with E-state index in [4.69, 9.17) is 4.42 Å². The van der Waals surface area contributed by atoms with Crippen molar-refractivity contribution < 1.29 is 14.1 Å². The maximum Gasteiger partial charge on any atom is 0.433 e. The summed E-state index contributed by atoms with van der Waals surface area (Å²) in [5.74, 6) is -0.213. The highest BCUT2D eigenvalue weighted by molar-refractivity contribution is 6.04. The normalized spacial score (nSPS) is 21.1. The van der Waals surface area contributed by atoms with Crippen LogP contribution < -0.4 is 4.90 Å². The second-order valence-corrected chi connectivity index (χ2v) is 5.14. The predicted molar refractivity (Wildman–Crippen MR) is 73.2 cm³/mol. The lowest BCUT2D eigenvalue weighted by molar-refractivity contribution is -0.402. The van der Waals surface area contributed by atoms with E-state index >= 15 is 0 Å². The van der Waals surface area contributed by atoms with Gasteiger partial charge in [-0.15, -0.1) is 0 Å². The van der Waals surface area contributed by atoms with Crippen molar-refractivity contribution in [3.63, 3.8) is 0 Å². The van der Waals surface area contributed by atoms with E-state index in [1.807, 2.05) is 13.8 Å². The average molecular weight is 290 g/mol. The standard InChI is InChI=1S/C13H14N4O4/c1-8-7-9(2)16-11(5-6-14-16)15(8)13(18)10-3-4-12(21-10)17(19)20/h3-6,8-9H,7H2,1-2H3. The van der Waals surface area contributed by atoms with E-state index < -0.39 is 16.7 Å². The number of amides is 1. The van der Waals surface area contributed by atoms with Crippen LogP contribution in [0.25, 0.3) is 0 Å². The molecule has 110 valence electrons. The van der Waals surface area contributed by atoms with E-state index in [0.717, 1.165) is 6.42 Å². The highest BCUT2D eigenvalue weighted by atomic mass is 16.6. The van der Waals surface area contributed by atoms with Crippen molar-refractivity contribution in [1.29, 1.82) is 0 Å². The maximum atomic E-state index is 12.6. The third-order valence-electron chi connectivity index (χ3n) is 3.64. The number of carbonyl (C=O) groups excluding carboxylic acids is 1. The van der Waals surface area contributed by atoms with E-state index in [9.17, 15) is 14.9 Å². The number of rotatable bonds is 2. The van der Waals surface area contributed by atoms with Crippen LogP contribution in [-0.4, -0.2) is 26.7 Å². The highest BCUT2D eigenvalue weighted by Gasteiger charge is 2.34. The first-order valence-corrected chi connectivity index (χ1v) is 6.60. The van der Waals surface area contributed by atoms with Gasteiger partial charge in [0.25, 0.3) is 5.91 Å². The topological polar surface area (TPSA) is 94.4 Å². The van der Waals surface area contributed by atoms with Crippen LogP contribution in [0.15, 0.2) is 28.8 Å². The van der Waals surface area contributed by atoms with Crippen LogP contribution in [0, 0.1) is 10.1 Å². The first-order valence-electron chi connectivity index (χ1n) is 6.60. The van der Waals surface area contributed by atoms with Gasteiger partial charge < -0.3 is 4.42 Å². The Morgan fingerprint density at radius 1 is 1.38 bits per heavy atom. The first kappa shape index (κ1) is 13.3. The Bertz CT molecular complexity index is 705. The van der Waals surface area contributed by atoms with Gasteiger partial charge >= 0.3 is 5.88 Å². The summed E-state index contributed by atoms with van der Waals surface area (Å²) in [5.41, 5.74) is 0. The minimum absolute atomic E-state index is 0.0409. The Kier molecular flexibility index (Phi) is 3.00. The van der Waals surface area contributed by atoms with Gasteiger partial charge in [-0.3, -0.25) is 19.8 Å². The fourth-order valence-corrected chi connectivity index (χ4v) is 2.73. The molecule has 2 atom stereocenters. The molecule has 0 aliphatic carbocycles. The molecule has 0 aromatic carbocycles. The van der Waals surface area contributed by atoms with Gasteiger partial charge in [0.1, 0.15) is 10.7 Å². The van der Waals surface area contributed by atoms with E-state index in [1.165, 1.54) is 12.1 Å². The van der Waals surface area contributed by atoms with Gasteiger partial charge in [0.2, 0.25) is 0 Å². The number of nitrogens with zero attached hydrogens (tertiary/aromatic N) is 4. The van der Waals surface area contributed by atoms with Crippen molar-refractivity contribution in [2.75, 3.05) is 4.90 Å². The molecule has 21 heavy (non-hydrogen) atoms. The first-order chi connectivity index (χ1) is 9.99. The molecule has 0 spiro atoms. The molecule has 3 rings (SSSR count). The van der Waals surface area contributed by atoms with Gasteiger partial charge in [0, 0.05) is 12.1 Å². The summed E-state index contributed by atoms with van der Waals surface area (Å²) in [6.07, 6.45) is 2.39. The third kappa shape index (κ3) is 2.08. The lowest BCUT2D eigenvalue weighted by Crippen LogP contribution is -2.44. The number of hydrogen-bond acceptors (Lipinski definition) is 5. The number of hydrogen-bond donors (Lipinski definition) is 0. The maximum absolute atomic E-state index is 12.6. The van der Waals surface area contributed by atoms with E-state index in [1.54, 1.807) is 21.8 Å². The molecule has 1 aliphatic rings. The molecule has 0 radical (unpaired) electrons. The fraction of sp³-hybridized carbons (Fsp3) is 0.385. The summed E-state index contributed by atoms with van der Waals surface area (Å²) in [5, 5.41) is 14.9. The molecule has 0 fully saturated rings. The Morgan fingerprint density at radius 2 is 2.14 bits per heavy atom. The minimum Gasteiger partial charge on any atom is -0.395 e. The zero-order chi connectivity index (χ0) is 15.1. The molecule has 0 saturated heterocycles. The Labute approximate surface area is 120 Å². The number of furan rings is 1. The molecule has 3 heterocycles. The second kappa shape index (κ2) is 4.72. The van der Waals surface area contributed by atoms with Crippen molar-refractivity contribution in [3.8, 4) is 0 Å². The summed E-state index contributed by atoms with van der Waals surface area (Å²) in [7, 11) is 0. The lowest BCUT2D eigenvalue weighted by Gasteiger charge is -2.36. The van der Waals surface area contributed by atoms with Gasteiger partial charge in [-0.1, -0.05) is 0 Å². The average Bonchev–Trinajstić information content (AvgIpc) is 3.07. The monoisotopic (exact) mass is 290 g/mol. The molecule has 1 aliphatic heterocycles. The third-order valence-corrected chi connectivity index (χ3v) is 3.64. The quantitative estimate of drug-likeness (QED) is 0.625. The summed E-state index contributed by atoms with van der Waals surface area (Å²) >= 11 is 0. The van der Waals surface area contributed by atoms with Crippen molar-refractivity contribution in [1.82, 2.24) is 9.78 Å². The van der Waals surface area contributed by atoms with Crippen molar-refractivity contribution in [2.24, 2.45) is 0 Å². The number of nitro groups is 1. The van der Waals surface area contributed by atoms with Crippen LogP contribution in [0.2, 0.25) is 0 Å². The van der Waals surface area contributed by atoms with Gasteiger partial charge in [-0.2, -0.15) is 5.10 Å². The van der Waals surface area contributed by atoms with E-state index in [2.05, 4.69) is 5.10 Å². The fourth-order valence-electron chi connectivity index (χ4n) is 2.73. The number of fused-ring (bicyclic) bond motifs is 1. The largest absolute Gasteiger partial charge is 0.433 e. The molecule has 0 saturated carbocycles. The predicted octanol–water partition coefficient (Wildman–Crippen LogP) is 2.38. The van der Waals surface area contributed by atoms with Crippen molar-refractivity contribution in [3.05, 3.63) is 40.3 Å². The second-order valence-electron chi connectivity index (χ2n) is 5.14. The Morgan fingerprint density at radius 3 is 2.81 bits per heavy atom. The Hall–Kier alpha value is -2.64. The van der Waals surface area contributed by atoms with Crippen LogP contribution in [0.4, 0.5) is 11.7 Å². The van der Waals surface area contributed by atoms with E-state index in [-0.39, 0.29) is 17.8 Å². The van der Waals surface area contributed by atoms with Gasteiger partial charge in [-0.25, -0.2) is 4.68 Å². The van der Waals surface area contributed by atoms with Gasteiger partial charge in [0.15, 0.2) is 5.76 Å². The smallest absolute Gasteiger partial charge is 0.395 e. The van der Waals surface area contributed by atoms with E-state index in [0.29, 0.717) is 5.82 Å². The van der Waals surface area contributed by atoms with Crippen LogP contribution in [0.5, 0.6) is 0 Å². The molecule has 8 heteroatoms. The van der Waals surface area contributed by atoms with Crippen LogP contribution in [-0.2, 0) is 0 Å². The molecule has 1 amide bonds. The summed E-state index contributed by atoms with van der Waals surface area (Å²) in [4.78, 5) is 24.1. The molecule has 8 nitrogen and oxygen atoms in total. The number of aromatic nitrogens is 2. The summed E-state index contributed by atoms with van der Waals surface area (Å²) < 4.78 is 6.78. The van der Waals surface area contributed by atoms with Crippen LogP contribution in [0.1, 0.15) is 36.9 Å². The molecular formula is C13H14N4O4. The zero-order valence-electron chi connectivity index (χ0n) is 11.6. The Balaban J connectivity index is 1.97. The zero-order valence-corrected chi connectivity index (χ0v) is 11.6. The molecule has 2 aromatic heterocycles. The number of carbonyl (C=O) groups is 1. The highest BCUT2D eigenvalue weighted by Crippen LogP contribution is 2.32. The van der Waals surface area contributed by atoms with Gasteiger partial charge in [-0.05, 0) is 26.3 Å². The van der Waals surface area contributed by atoms with Crippen molar-refractivity contribution >= 4 is 17.6 Å². The molecule has 0 bridgehead atoms. The van der Waals surface area contributed by atoms with Crippen molar-refractivity contribution in [2.45, 2.75) is 32.4 Å².